The third-order valence-corrected chi connectivity index (χ3v) is 7.96. The third-order valence-electron chi connectivity index (χ3n) is 7.96. The van der Waals surface area contributed by atoms with E-state index in [1.807, 2.05) is 24.3 Å². The van der Waals surface area contributed by atoms with E-state index in [-0.39, 0.29) is 17.5 Å². The number of nitro benzene ring substituents is 1. The molecule has 3 aromatic rings. The fourth-order valence-corrected chi connectivity index (χ4v) is 6.55. The van der Waals surface area contributed by atoms with Crippen molar-refractivity contribution in [2.45, 2.75) is 24.7 Å². The van der Waals surface area contributed by atoms with Gasteiger partial charge in [-0.05, 0) is 34.4 Å². The minimum absolute atomic E-state index is 0.0796. The first kappa shape index (κ1) is 18.9. The first-order valence-corrected chi connectivity index (χ1v) is 10.6. The largest absolute Gasteiger partial charge is 0.274 e. The number of benzene rings is 3. The number of hydrogen-bond acceptors (Lipinski definition) is 4. The van der Waals surface area contributed by atoms with Gasteiger partial charge in [0.25, 0.3) is 5.69 Å². The Morgan fingerprint density at radius 1 is 0.719 bits per heavy atom. The number of rotatable bonds is 2. The smallest absolute Gasteiger partial charge is 0.269 e. The summed E-state index contributed by atoms with van der Waals surface area (Å²) in [5.74, 6) is -1.57. The number of nitro groups is 1. The second-order valence-corrected chi connectivity index (χ2v) is 9.24. The Kier molecular flexibility index (Phi) is 3.50. The van der Waals surface area contributed by atoms with Crippen molar-refractivity contribution in [3.8, 4) is 0 Å². The van der Waals surface area contributed by atoms with E-state index in [1.54, 1.807) is 0 Å². The fourth-order valence-electron chi connectivity index (χ4n) is 6.55. The van der Waals surface area contributed by atoms with Crippen molar-refractivity contribution in [2.24, 2.45) is 11.8 Å². The summed E-state index contributed by atoms with van der Waals surface area (Å²) >= 11 is 0. The highest BCUT2D eigenvalue weighted by molar-refractivity contribution is 6.24. The Morgan fingerprint density at radius 2 is 1.09 bits per heavy atom. The van der Waals surface area contributed by atoms with E-state index < -0.39 is 27.6 Å². The summed E-state index contributed by atoms with van der Waals surface area (Å²) in [5, 5.41) is 11.1. The summed E-state index contributed by atoms with van der Waals surface area (Å²) in [6.07, 6.45) is 0. The molecule has 0 saturated carbocycles. The van der Waals surface area contributed by atoms with Crippen LogP contribution in [-0.4, -0.2) is 16.7 Å². The van der Waals surface area contributed by atoms with Gasteiger partial charge in [0.2, 0.25) is 11.8 Å². The number of carbonyl (C=O) groups is 2. The summed E-state index contributed by atoms with van der Waals surface area (Å²) in [6.45, 7) is 4.15. The van der Waals surface area contributed by atoms with Crippen molar-refractivity contribution in [2.75, 3.05) is 4.90 Å². The average Bonchev–Trinajstić information content (AvgIpc) is 3.08. The van der Waals surface area contributed by atoms with Crippen LogP contribution in [0, 0.1) is 22.0 Å². The number of imide groups is 1. The van der Waals surface area contributed by atoms with Crippen molar-refractivity contribution in [1.82, 2.24) is 0 Å². The molecule has 2 bridgehead atoms. The maximum Gasteiger partial charge on any atom is 0.269 e. The van der Waals surface area contributed by atoms with Crippen molar-refractivity contribution in [3.05, 3.63) is 105 Å². The lowest BCUT2D eigenvalue weighted by Gasteiger charge is -2.57. The van der Waals surface area contributed by atoms with Crippen LogP contribution in [0.1, 0.15) is 36.1 Å². The van der Waals surface area contributed by atoms with E-state index in [0.29, 0.717) is 5.69 Å². The monoisotopic (exact) mass is 424 g/mol. The molecule has 0 spiro atoms. The van der Waals surface area contributed by atoms with Gasteiger partial charge in [-0.1, -0.05) is 62.4 Å². The molecule has 2 unspecified atom stereocenters. The Labute approximate surface area is 184 Å². The maximum absolute atomic E-state index is 13.9. The molecule has 6 nitrogen and oxygen atoms in total. The van der Waals surface area contributed by atoms with E-state index in [0.717, 1.165) is 22.3 Å². The van der Waals surface area contributed by atoms with Gasteiger partial charge in [-0.15, -0.1) is 0 Å². The van der Waals surface area contributed by atoms with Crippen LogP contribution in [0.15, 0.2) is 72.8 Å². The molecule has 1 saturated heterocycles. The van der Waals surface area contributed by atoms with Gasteiger partial charge in [-0.2, -0.15) is 0 Å². The van der Waals surface area contributed by atoms with Crippen LogP contribution < -0.4 is 4.90 Å². The van der Waals surface area contributed by atoms with Gasteiger partial charge in [0, 0.05) is 23.0 Å². The molecule has 32 heavy (non-hydrogen) atoms. The molecule has 3 aliphatic carbocycles. The molecule has 2 atom stereocenters. The number of hydrogen-bond donors (Lipinski definition) is 0. The van der Waals surface area contributed by atoms with Gasteiger partial charge >= 0.3 is 0 Å². The number of non-ortho nitro benzene ring substituents is 1. The van der Waals surface area contributed by atoms with E-state index in [4.69, 9.17) is 0 Å². The molecular formula is C26H20N2O4. The lowest BCUT2D eigenvalue weighted by Crippen LogP contribution is -2.59. The molecule has 3 aromatic carbocycles. The van der Waals surface area contributed by atoms with Crippen molar-refractivity contribution < 1.29 is 14.5 Å². The van der Waals surface area contributed by atoms with Crippen LogP contribution in [0.2, 0.25) is 0 Å². The molecule has 0 aromatic heterocycles. The lowest BCUT2D eigenvalue weighted by molar-refractivity contribution is -0.384. The number of anilines is 1. The summed E-state index contributed by atoms with van der Waals surface area (Å²) in [4.78, 5) is 39.6. The summed E-state index contributed by atoms with van der Waals surface area (Å²) in [7, 11) is 0. The second-order valence-electron chi connectivity index (χ2n) is 9.24. The van der Waals surface area contributed by atoms with Gasteiger partial charge in [0.15, 0.2) is 0 Å². The highest BCUT2D eigenvalue weighted by Crippen LogP contribution is 2.66. The standard InChI is InChI=1S/C26H20N2O4/c1-25-17-7-3-5-9-19(17)26(2,20-10-6-4-8-18(20)25)22-21(25)23(29)27(24(22)30)15-11-13-16(14-12-15)28(31)32/h3-14,21-22H,1-2H3. The average molecular weight is 424 g/mol. The molecule has 158 valence electrons. The van der Waals surface area contributed by atoms with Crippen molar-refractivity contribution in [1.29, 1.82) is 0 Å². The molecule has 2 amide bonds. The molecule has 1 heterocycles. The van der Waals surface area contributed by atoms with Gasteiger partial charge in [-0.25, -0.2) is 4.90 Å². The van der Waals surface area contributed by atoms with Gasteiger partial charge < -0.3 is 0 Å². The molecular weight excluding hydrogens is 404 g/mol. The first-order chi connectivity index (χ1) is 15.3. The predicted molar refractivity (Wildman–Crippen MR) is 118 cm³/mol. The normalized spacial score (nSPS) is 29.5. The van der Waals surface area contributed by atoms with Crippen molar-refractivity contribution >= 4 is 23.2 Å². The van der Waals surface area contributed by atoms with Crippen LogP contribution in [-0.2, 0) is 20.4 Å². The molecule has 1 fully saturated rings. The maximum atomic E-state index is 13.9. The Morgan fingerprint density at radius 3 is 1.44 bits per heavy atom. The van der Waals surface area contributed by atoms with Gasteiger partial charge in [-0.3, -0.25) is 19.7 Å². The molecule has 0 radical (unpaired) electrons. The van der Waals surface area contributed by atoms with Crippen LogP contribution in [0.5, 0.6) is 0 Å². The molecule has 4 aliphatic rings. The molecule has 1 aliphatic heterocycles. The SMILES string of the molecule is CC12c3ccccc3C(C)(c3ccccc31)C1C(=O)N(c3ccc([N+](=O)[O-])cc3)C(=O)C12. The van der Waals surface area contributed by atoms with Crippen LogP contribution in [0.3, 0.4) is 0 Å². The van der Waals surface area contributed by atoms with Crippen LogP contribution >= 0.6 is 0 Å². The number of carbonyl (C=O) groups excluding carboxylic acids is 2. The summed E-state index contributed by atoms with van der Waals surface area (Å²) < 4.78 is 0. The summed E-state index contributed by atoms with van der Waals surface area (Å²) in [5.41, 5.74) is 3.38. The zero-order valence-electron chi connectivity index (χ0n) is 17.6. The molecule has 7 rings (SSSR count). The Hall–Kier alpha value is -3.80. The molecule has 0 N–H and O–H groups in total. The van der Waals surface area contributed by atoms with Crippen molar-refractivity contribution in [3.63, 3.8) is 0 Å². The van der Waals surface area contributed by atoms with E-state index in [9.17, 15) is 19.7 Å². The topological polar surface area (TPSA) is 80.5 Å². The van der Waals surface area contributed by atoms with E-state index in [1.165, 1.54) is 29.2 Å². The highest BCUT2D eigenvalue weighted by atomic mass is 16.6. The highest BCUT2D eigenvalue weighted by Gasteiger charge is 2.70. The minimum atomic E-state index is -0.641. The second kappa shape index (κ2) is 5.91. The zero-order valence-corrected chi connectivity index (χ0v) is 17.6. The lowest BCUT2D eigenvalue weighted by atomic mass is 9.42. The van der Waals surface area contributed by atoms with E-state index >= 15 is 0 Å². The van der Waals surface area contributed by atoms with E-state index in [2.05, 4.69) is 38.1 Å². The van der Waals surface area contributed by atoms with Crippen LogP contribution in [0.4, 0.5) is 11.4 Å². The minimum Gasteiger partial charge on any atom is -0.274 e. The van der Waals surface area contributed by atoms with Gasteiger partial charge in [0.05, 0.1) is 22.4 Å². The Bertz CT molecular complexity index is 1220. The fraction of sp³-hybridized carbons (Fsp3) is 0.231. The van der Waals surface area contributed by atoms with Gasteiger partial charge in [0.1, 0.15) is 0 Å². The zero-order chi connectivity index (χ0) is 22.4. The molecule has 6 heteroatoms. The number of amides is 2. The quantitative estimate of drug-likeness (QED) is 0.348. The Balaban J connectivity index is 1.60. The first-order valence-electron chi connectivity index (χ1n) is 10.6. The number of nitrogens with zero attached hydrogens (tertiary/aromatic N) is 2. The van der Waals surface area contributed by atoms with Crippen LogP contribution in [0.25, 0.3) is 0 Å². The predicted octanol–water partition coefficient (Wildman–Crippen LogP) is 4.34. The third kappa shape index (κ3) is 1.96. The summed E-state index contributed by atoms with van der Waals surface area (Å²) in [6, 6.07) is 21.9.